The average Bonchev–Trinajstić information content (AvgIpc) is 2.77. The first-order valence-corrected chi connectivity index (χ1v) is 11.3. The Morgan fingerprint density at radius 2 is 1.52 bits per heavy atom. The molecule has 0 fully saturated rings. The Kier molecular flexibility index (Phi) is 10.2. The first kappa shape index (κ1) is 24.6. The average molecular weight is 421 g/mol. The number of hydrogen-bond donors (Lipinski definition) is 0. The van der Waals surface area contributed by atoms with Crippen LogP contribution in [-0.2, 0) is 9.53 Å². The van der Waals surface area contributed by atoms with Crippen LogP contribution in [0.1, 0.15) is 75.2 Å². The Balaban J connectivity index is 1.96. The minimum atomic E-state index is -0.319. The second kappa shape index (κ2) is 12.9. The molecule has 2 rings (SSSR count). The number of ether oxygens (including phenoxy) is 1. The zero-order chi connectivity index (χ0) is 22.6. The molecule has 166 valence electrons. The van der Waals surface area contributed by atoms with E-state index >= 15 is 0 Å². The standard InChI is InChI=1S/C28H36O3/c1-21(2)12-11-13-22(3)18-19-31-27(29)20-26(24-14-7-5-8-15-24)23(4)28(30)25-16-9-6-10-17-25/h5-10,12,14-17,22-23,26H,11,13,18-20H2,1-4H3. The second-order valence-electron chi connectivity index (χ2n) is 8.71. The number of esters is 1. The fourth-order valence-corrected chi connectivity index (χ4v) is 3.74. The molecular formula is C28H36O3. The minimum absolute atomic E-state index is 0.0511. The number of carbonyl (C=O) groups excluding carboxylic acids is 2. The molecule has 0 aliphatic carbocycles. The van der Waals surface area contributed by atoms with Crippen LogP contribution < -0.4 is 0 Å². The van der Waals surface area contributed by atoms with Gasteiger partial charge in [0.15, 0.2) is 5.78 Å². The molecule has 0 heterocycles. The van der Waals surface area contributed by atoms with Crippen LogP contribution in [-0.4, -0.2) is 18.4 Å². The Bertz CT molecular complexity index is 835. The van der Waals surface area contributed by atoms with Crippen molar-refractivity contribution in [2.45, 2.75) is 59.3 Å². The second-order valence-corrected chi connectivity index (χ2v) is 8.71. The summed E-state index contributed by atoms with van der Waals surface area (Å²) in [6.07, 6.45) is 5.47. The highest BCUT2D eigenvalue weighted by molar-refractivity contribution is 5.98. The molecule has 0 aromatic heterocycles. The molecule has 0 saturated carbocycles. The van der Waals surface area contributed by atoms with E-state index in [9.17, 15) is 9.59 Å². The van der Waals surface area contributed by atoms with Gasteiger partial charge in [0.2, 0.25) is 0 Å². The summed E-state index contributed by atoms with van der Waals surface area (Å²) < 4.78 is 5.56. The van der Waals surface area contributed by atoms with Gasteiger partial charge in [0, 0.05) is 17.4 Å². The number of Topliss-reactive ketones (excluding diaryl/α,β-unsaturated/α-hetero) is 1. The van der Waals surface area contributed by atoms with Crippen LogP contribution in [0.4, 0.5) is 0 Å². The van der Waals surface area contributed by atoms with Gasteiger partial charge in [0.25, 0.3) is 0 Å². The number of hydrogen-bond acceptors (Lipinski definition) is 3. The molecular weight excluding hydrogens is 384 g/mol. The highest BCUT2D eigenvalue weighted by atomic mass is 16.5. The van der Waals surface area contributed by atoms with Crippen LogP contribution in [0.3, 0.4) is 0 Å². The smallest absolute Gasteiger partial charge is 0.306 e. The van der Waals surface area contributed by atoms with Crippen molar-refractivity contribution in [1.82, 2.24) is 0 Å². The van der Waals surface area contributed by atoms with E-state index in [2.05, 4.69) is 26.8 Å². The Morgan fingerprint density at radius 1 is 0.903 bits per heavy atom. The topological polar surface area (TPSA) is 43.4 Å². The van der Waals surface area contributed by atoms with Crippen LogP contribution in [0, 0.1) is 11.8 Å². The lowest BCUT2D eigenvalue weighted by molar-refractivity contribution is -0.144. The van der Waals surface area contributed by atoms with Crippen molar-refractivity contribution in [3.8, 4) is 0 Å². The normalized spacial score (nSPS) is 13.7. The molecule has 0 radical (unpaired) electrons. The van der Waals surface area contributed by atoms with Gasteiger partial charge in [0.1, 0.15) is 0 Å². The van der Waals surface area contributed by atoms with Gasteiger partial charge in [-0.25, -0.2) is 0 Å². The van der Waals surface area contributed by atoms with Crippen molar-refractivity contribution in [3.63, 3.8) is 0 Å². The van der Waals surface area contributed by atoms with Gasteiger partial charge in [-0.1, -0.05) is 86.2 Å². The summed E-state index contributed by atoms with van der Waals surface area (Å²) in [7, 11) is 0. The van der Waals surface area contributed by atoms with Crippen molar-refractivity contribution in [3.05, 3.63) is 83.4 Å². The third-order valence-electron chi connectivity index (χ3n) is 5.78. The third kappa shape index (κ3) is 8.53. The minimum Gasteiger partial charge on any atom is -0.466 e. The van der Waals surface area contributed by atoms with Crippen molar-refractivity contribution >= 4 is 11.8 Å². The van der Waals surface area contributed by atoms with Crippen molar-refractivity contribution in [2.75, 3.05) is 6.61 Å². The highest BCUT2D eigenvalue weighted by Crippen LogP contribution is 2.31. The van der Waals surface area contributed by atoms with E-state index in [4.69, 9.17) is 4.74 Å². The molecule has 3 unspecified atom stereocenters. The molecule has 0 spiro atoms. The molecule has 2 aromatic rings. The fourth-order valence-electron chi connectivity index (χ4n) is 3.74. The molecule has 0 saturated heterocycles. The van der Waals surface area contributed by atoms with Crippen LogP contribution >= 0.6 is 0 Å². The molecule has 0 aliphatic rings. The summed E-state index contributed by atoms with van der Waals surface area (Å²) >= 11 is 0. The highest BCUT2D eigenvalue weighted by Gasteiger charge is 2.29. The maximum absolute atomic E-state index is 13.0. The predicted molar refractivity (Wildman–Crippen MR) is 127 cm³/mol. The van der Waals surface area contributed by atoms with Crippen LogP contribution in [0.2, 0.25) is 0 Å². The number of carbonyl (C=O) groups is 2. The van der Waals surface area contributed by atoms with Gasteiger partial charge in [0.05, 0.1) is 13.0 Å². The number of ketones is 1. The first-order chi connectivity index (χ1) is 14.9. The fraction of sp³-hybridized carbons (Fsp3) is 0.429. The molecule has 3 heteroatoms. The quantitative estimate of drug-likeness (QED) is 0.211. The molecule has 0 amide bonds. The summed E-state index contributed by atoms with van der Waals surface area (Å²) in [5, 5.41) is 0. The SMILES string of the molecule is CC(C)=CCCC(C)CCOC(=O)CC(c1ccccc1)C(C)C(=O)c1ccccc1. The van der Waals surface area contributed by atoms with Crippen LogP contribution in [0.15, 0.2) is 72.3 Å². The van der Waals surface area contributed by atoms with E-state index in [1.165, 1.54) is 5.57 Å². The lowest BCUT2D eigenvalue weighted by Crippen LogP contribution is -2.23. The lowest BCUT2D eigenvalue weighted by atomic mass is 9.80. The molecule has 3 atom stereocenters. The van der Waals surface area contributed by atoms with Gasteiger partial charge in [-0.3, -0.25) is 9.59 Å². The van der Waals surface area contributed by atoms with E-state index in [-0.39, 0.29) is 30.0 Å². The van der Waals surface area contributed by atoms with E-state index in [1.807, 2.05) is 67.6 Å². The molecule has 0 N–H and O–H groups in total. The van der Waals surface area contributed by atoms with Crippen molar-refractivity contribution in [2.24, 2.45) is 11.8 Å². The maximum atomic E-state index is 13.0. The van der Waals surface area contributed by atoms with E-state index in [1.54, 1.807) is 0 Å². The monoisotopic (exact) mass is 420 g/mol. The third-order valence-corrected chi connectivity index (χ3v) is 5.78. The van der Waals surface area contributed by atoms with Gasteiger partial charge in [-0.05, 0) is 44.6 Å². The first-order valence-electron chi connectivity index (χ1n) is 11.3. The van der Waals surface area contributed by atoms with Gasteiger partial charge >= 0.3 is 5.97 Å². The summed E-state index contributed by atoms with van der Waals surface area (Å²) in [6, 6.07) is 19.1. The van der Waals surface area contributed by atoms with Crippen molar-refractivity contribution in [1.29, 1.82) is 0 Å². The maximum Gasteiger partial charge on any atom is 0.306 e. The number of rotatable bonds is 12. The van der Waals surface area contributed by atoms with E-state index < -0.39 is 0 Å². The molecule has 0 aliphatic heterocycles. The van der Waals surface area contributed by atoms with E-state index in [0.29, 0.717) is 18.1 Å². The number of benzene rings is 2. The van der Waals surface area contributed by atoms with Crippen molar-refractivity contribution < 1.29 is 14.3 Å². The van der Waals surface area contributed by atoms with Gasteiger partial charge < -0.3 is 4.74 Å². The molecule has 2 aromatic carbocycles. The largest absolute Gasteiger partial charge is 0.466 e. The lowest BCUT2D eigenvalue weighted by Gasteiger charge is -2.23. The Hall–Kier alpha value is -2.68. The molecule has 3 nitrogen and oxygen atoms in total. The molecule has 0 bridgehead atoms. The summed E-state index contributed by atoms with van der Waals surface area (Å²) in [4.78, 5) is 25.7. The Morgan fingerprint density at radius 3 is 2.13 bits per heavy atom. The van der Waals surface area contributed by atoms with E-state index in [0.717, 1.165) is 24.8 Å². The zero-order valence-corrected chi connectivity index (χ0v) is 19.3. The predicted octanol–water partition coefficient (Wildman–Crippen LogP) is 7.00. The summed E-state index contributed by atoms with van der Waals surface area (Å²) in [5.41, 5.74) is 3.01. The van der Waals surface area contributed by atoms with Gasteiger partial charge in [-0.15, -0.1) is 0 Å². The number of allylic oxidation sites excluding steroid dienone is 2. The van der Waals surface area contributed by atoms with Gasteiger partial charge in [-0.2, -0.15) is 0 Å². The Labute approximate surface area is 187 Å². The molecule has 31 heavy (non-hydrogen) atoms. The summed E-state index contributed by atoms with van der Waals surface area (Å²) in [6.45, 7) is 8.75. The van der Waals surface area contributed by atoms with Crippen LogP contribution in [0.5, 0.6) is 0 Å². The van der Waals surface area contributed by atoms with Crippen LogP contribution in [0.25, 0.3) is 0 Å². The summed E-state index contributed by atoms with van der Waals surface area (Å²) in [5.74, 6) is -0.211. The zero-order valence-electron chi connectivity index (χ0n) is 19.3.